The van der Waals surface area contributed by atoms with Gasteiger partial charge in [0.15, 0.2) is 12.4 Å². The summed E-state index contributed by atoms with van der Waals surface area (Å²) in [6, 6.07) is 13.0. The lowest BCUT2D eigenvalue weighted by atomic mass is 9.97. The number of ether oxygens (including phenoxy) is 1. The Balaban J connectivity index is 0.000000629. The minimum absolute atomic E-state index is 0.0331. The molecule has 3 rings (SSSR count). The summed E-state index contributed by atoms with van der Waals surface area (Å²) in [6.45, 7) is 0.212. The fourth-order valence-corrected chi connectivity index (χ4v) is 4.41. The highest BCUT2D eigenvalue weighted by atomic mass is 32.1. The number of alkyl halides is 6. The Morgan fingerprint density at radius 1 is 1.07 bits per heavy atom. The number of esters is 1. The van der Waals surface area contributed by atoms with Gasteiger partial charge in [0.05, 0.1) is 17.9 Å². The normalized spacial score (nSPS) is 11.5. The number of rotatable bonds is 8. The van der Waals surface area contributed by atoms with Crippen LogP contribution in [0.1, 0.15) is 20.8 Å². The first-order valence-electron chi connectivity index (χ1n) is 12.6. The van der Waals surface area contributed by atoms with Crippen molar-refractivity contribution in [1.29, 1.82) is 5.41 Å². The summed E-state index contributed by atoms with van der Waals surface area (Å²) in [5, 5.41) is 25.5. The van der Waals surface area contributed by atoms with Crippen LogP contribution in [-0.4, -0.2) is 72.7 Å². The Hall–Kier alpha value is -5.00. The van der Waals surface area contributed by atoms with E-state index in [9.17, 15) is 35.9 Å². The molecule has 1 amide bonds. The van der Waals surface area contributed by atoms with E-state index in [1.807, 2.05) is 53.7 Å². The lowest BCUT2D eigenvalue weighted by Gasteiger charge is -2.22. The first-order chi connectivity index (χ1) is 21.2. The number of carbonyl (C=O) groups excluding carboxylic acids is 3. The number of aryl methyl sites for hydroxylation is 1. The lowest BCUT2D eigenvalue weighted by Crippen LogP contribution is -2.37. The van der Waals surface area contributed by atoms with Crippen LogP contribution in [0.5, 0.6) is 0 Å². The predicted octanol–water partition coefficient (Wildman–Crippen LogP) is 2.56. The van der Waals surface area contributed by atoms with Crippen LogP contribution in [0.4, 0.5) is 26.3 Å². The average molecular weight is 679 g/mol. The molecule has 250 valence electrons. The van der Waals surface area contributed by atoms with Gasteiger partial charge in [-0.15, -0.1) is 11.3 Å². The van der Waals surface area contributed by atoms with Crippen LogP contribution in [0, 0.1) is 11.3 Å². The van der Waals surface area contributed by atoms with E-state index < -0.39 is 30.2 Å². The number of carboxylic acids is 2. The minimum Gasteiger partial charge on any atom is -0.542 e. The molecule has 1 aromatic carbocycles. The van der Waals surface area contributed by atoms with Crippen LogP contribution < -0.4 is 15.4 Å². The van der Waals surface area contributed by atoms with Gasteiger partial charge in [0.25, 0.3) is 5.91 Å². The lowest BCUT2D eigenvalue weighted by molar-refractivity contribution is -0.671. The summed E-state index contributed by atoms with van der Waals surface area (Å²) >= 11 is 1.38. The van der Waals surface area contributed by atoms with Gasteiger partial charge in [-0.1, -0.05) is 18.2 Å². The second kappa shape index (κ2) is 16.9. The molecule has 11 nitrogen and oxygen atoms in total. The van der Waals surface area contributed by atoms with E-state index in [0.29, 0.717) is 16.9 Å². The van der Waals surface area contributed by atoms with Crippen molar-refractivity contribution in [3.05, 3.63) is 76.2 Å². The number of thiophene rings is 1. The van der Waals surface area contributed by atoms with Crippen LogP contribution in [0.25, 0.3) is 11.1 Å². The smallest absolute Gasteiger partial charge is 0.490 e. The fraction of sp³-hybridized carbons (Fsp3) is 0.286. The van der Waals surface area contributed by atoms with Gasteiger partial charge in [0.2, 0.25) is 0 Å². The molecule has 2 aromatic heterocycles. The molecule has 4 N–H and O–H groups in total. The van der Waals surface area contributed by atoms with Gasteiger partial charge in [-0.05, 0) is 41.1 Å². The number of halogens is 6. The zero-order chi connectivity index (χ0) is 35.4. The first-order valence-corrected chi connectivity index (χ1v) is 13.4. The van der Waals surface area contributed by atoms with E-state index in [1.54, 1.807) is 30.1 Å². The highest BCUT2D eigenvalue weighted by Crippen LogP contribution is 2.26. The molecule has 0 bridgehead atoms. The molecule has 0 saturated carbocycles. The number of nitrogens with two attached hydrogens (primary N) is 1. The molecule has 0 fully saturated rings. The van der Waals surface area contributed by atoms with E-state index in [-0.39, 0.29) is 24.3 Å². The molecule has 2 heterocycles. The third kappa shape index (κ3) is 12.9. The molecule has 0 aliphatic rings. The third-order valence-corrected chi connectivity index (χ3v) is 6.57. The van der Waals surface area contributed by atoms with Crippen LogP contribution in [0.3, 0.4) is 0 Å². The maximum atomic E-state index is 13.0. The molecule has 0 radical (unpaired) electrons. The first kappa shape index (κ1) is 39.0. The zero-order valence-corrected chi connectivity index (χ0v) is 25.1. The van der Waals surface area contributed by atoms with E-state index in [4.69, 9.17) is 35.7 Å². The number of pyridine rings is 1. The number of nitrogens with one attached hydrogen (secondary N) is 1. The Labute approximate surface area is 261 Å². The third-order valence-electron chi connectivity index (χ3n) is 5.65. The van der Waals surface area contributed by atoms with Crippen LogP contribution in [0.15, 0.2) is 60.2 Å². The Morgan fingerprint density at radius 3 is 2.13 bits per heavy atom. The maximum Gasteiger partial charge on any atom is 0.490 e. The van der Waals surface area contributed by atoms with E-state index in [0.717, 1.165) is 16.7 Å². The SMILES string of the molecule is COC(=O)[C@H](Cc1cccc(C(=N)N)c1)CN(C)C(=O)c1cc(-c2ccc[n+](C)c2)cs1.O=C(O)C(F)(F)F.O=C([O-])C(F)(F)F. The highest BCUT2D eigenvalue weighted by Gasteiger charge is 2.38. The Kier molecular flexibility index (Phi) is 14.3. The van der Waals surface area contributed by atoms with E-state index >= 15 is 0 Å². The van der Waals surface area contributed by atoms with Gasteiger partial charge < -0.3 is 30.4 Å². The second-order valence-electron chi connectivity index (χ2n) is 9.27. The molecule has 0 spiro atoms. The molecule has 0 saturated heterocycles. The summed E-state index contributed by atoms with van der Waals surface area (Å²) in [5.41, 5.74) is 9.03. The van der Waals surface area contributed by atoms with Gasteiger partial charge in [0, 0.05) is 30.8 Å². The molecule has 0 aliphatic carbocycles. The number of nitrogen functional groups attached to an aromatic ring is 1. The Bertz CT molecular complexity index is 1520. The van der Waals surface area contributed by atoms with Crippen molar-refractivity contribution in [2.75, 3.05) is 20.7 Å². The van der Waals surface area contributed by atoms with Crippen molar-refractivity contribution in [1.82, 2.24) is 4.90 Å². The van der Waals surface area contributed by atoms with Crippen LogP contribution >= 0.6 is 11.3 Å². The van der Waals surface area contributed by atoms with Gasteiger partial charge in [-0.25, -0.2) is 9.36 Å². The Morgan fingerprint density at radius 2 is 1.65 bits per heavy atom. The van der Waals surface area contributed by atoms with Crippen molar-refractivity contribution in [2.24, 2.45) is 18.7 Å². The number of amides is 1. The molecule has 3 aromatic rings. The number of carboxylic acid groups (broad SMARTS) is 2. The van der Waals surface area contributed by atoms with Crippen LogP contribution in [0.2, 0.25) is 0 Å². The summed E-state index contributed by atoms with van der Waals surface area (Å²) < 4.78 is 70.2. The van der Waals surface area contributed by atoms with Gasteiger partial charge in [-0.3, -0.25) is 15.0 Å². The molecular weight excluding hydrogens is 650 g/mol. The number of nitrogens with zero attached hydrogens (tertiary/aromatic N) is 2. The number of aromatic nitrogens is 1. The maximum absolute atomic E-state index is 13.0. The van der Waals surface area contributed by atoms with Gasteiger partial charge in [-0.2, -0.15) is 26.3 Å². The standard InChI is InChI=1S/C24H27N4O3S.2C2HF3O2/c1-27-9-5-8-18(13-27)20-12-21(32-15-20)23(29)28(2)14-19(24(30)31-3)11-16-6-4-7-17(10-16)22(25)26;2*3-2(4,5)1(6)7/h4-10,12-13,15,19H,11,14H2,1-3H3,(H3,25,26);2*(H,6,7)/q+1;;/p-1/t19-;;/m1../s1. The van der Waals surface area contributed by atoms with Crippen molar-refractivity contribution >= 4 is 41.0 Å². The summed E-state index contributed by atoms with van der Waals surface area (Å²) in [5.74, 6) is -6.87. The fourth-order valence-electron chi connectivity index (χ4n) is 3.50. The quantitative estimate of drug-likeness (QED) is 0.107. The van der Waals surface area contributed by atoms with Crippen molar-refractivity contribution in [2.45, 2.75) is 18.8 Å². The number of benzene rings is 1. The number of carbonyl (C=O) groups is 4. The summed E-state index contributed by atoms with van der Waals surface area (Å²) in [6.07, 6.45) is -5.95. The topological polar surface area (TPSA) is 178 Å². The number of methoxy groups -OCH3 is 1. The second-order valence-corrected chi connectivity index (χ2v) is 10.2. The van der Waals surface area contributed by atoms with Crippen LogP contribution in [-0.2, 0) is 32.6 Å². The number of amidine groups is 1. The molecule has 18 heteroatoms. The molecule has 46 heavy (non-hydrogen) atoms. The molecule has 1 atom stereocenters. The zero-order valence-electron chi connectivity index (χ0n) is 24.3. The summed E-state index contributed by atoms with van der Waals surface area (Å²) in [7, 11) is 4.98. The largest absolute Gasteiger partial charge is 0.542 e. The number of hydrogen-bond acceptors (Lipinski definition) is 8. The van der Waals surface area contributed by atoms with E-state index in [2.05, 4.69) is 0 Å². The molecule has 0 aliphatic heterocycles. The van der Waals surface area contributed by atoms with Gasteiger partial charge >= 0.3 is 24.3 Å². The van der Waals surface area contributed by atoms with Crippen molar-refractivity contribution in [3.63, 3.8) is 0 Å². The van der Waals surface area contributed by atoms with Gasteiger partial charge in [0.1, 0.15) is 18.9 Å². The molecule has 0 unspecified atom stereocenters. The minimum atomic E-state index is -5.19. The predicted molar refractivity (Wildman–Crippen MR) is 149 cm³/mol. The van der Waals surface area contributed by atoms with Crippen molar-refractivity contribution in [3.8, 4) is 11.1 Å². The number of aliphatic carboxylic acids is 2. The number of hydrogen-bond donors (Lipinski definition) is 3. The monoisotopic (exact) mass is 678 g/mol. The van der Waals surface area contributed by atoms with Crippen molar-refractivity contribution < 1.29 is 65.0 Å². The summed E-state index contributed by atoms with van der Waals surface area (Å²) in [4.78, 5) is 45.3. The highest BCUT2D eigenvalue weighted by molar-refractivity contribution is 7.12. The average Bonchev–Trinajstić information content (AvgIpc) is 3.46. The molecular formula is C28H28F6N4O7S. The van der Waals surface area contributed by atoms with E-state index in [1.165, 1.54) is 18.4 Å².